The number of nitrogens with zero attached hydrogens (tertiary/aromatic N) is 4. The van der Waals surface area contributed by atoms with E-state index in [1.165, 1.54) is 12.3 Å². The lowest BCUT2D eigenvalue weighted by atomic mass is 10.2. The number of hydrogen-bond donors (Lipinski definition) is 7. The Kier molecular flexibility index (Phi) is 10.3. The van der Waals surface area contributed by atoms with Crippen LogP contribution in [0, 0.1) is 0 Å². The maximum atomic E-state index is 12.2. The predicted molar refractivity (Wildman–Crippen MR) is 164 cm³/mol. The van der Waals surface area contributed by atoms with Gasteiger partial charge in [0, 0.05) is 12.7 Å². The molecule has 4 rings (SSSR count). The number of hydrogen-bond acceptors (Lipinski definition) is 12. The number of aliphatic imine (C=N–C) groups is 1. The minimum atomic E-state index is -4.75. The summed E-state index contributed by atoms with van der Waals surface area (Å²) in [5.41, 5.74) is 21.2. The van der Waals surface area contributed by atoms with Gasteiger partial charge >= 0.3 is 5.91 Å². The number of primary sulfonamides is 1. The van der Waals surface area contributed by atoms with Gasteiger partial charge in [-0.15, -0.1) is 0 Å². The van der Waals surface area contributed by atoms with Crippen LogP contribution < -0.4 is 38.3 Å². The second-order valence-corrected chi connectivity index (χ2v) is 11.9. The molecule has 0 unspecified atom stereocenters. The Morgan fingerprint density at radius 3 is 2.23 bits per heavy atom. The molecule has 2 heterocycles. The van der Waals surface area contributed by atoms with E-state index in [0.717, 1.165) is 6.07 Å². The van der Waals surface area contributed by atoms with Gasteiger partial charge in [-0.1, -0.05) is 29.8 Å². The van der Waals surface area contributed by atoms with Crippen molar-refractivity contribution in [3.8, 4) is 0 Å². The lowest BCUT2D eigenvalue weighted by Gasteiger charge is -2.24. The van der Waals surface area contributed by atoms with Gasteiger partial charge in [0.2, 0.25) is 10.0 Å². The second-order valence-electron chi connectivity index (χ2n) is 8.64. The predicted octanol–water partition coefficient (Wildman–Crippen LogP) is 1.26. The number of sulfonamides is 1. The van der Waals surface area contributed by atoms with E-state index in [-0.39, 0.29) is 40.4 Å². The molecule has 20 heteroatoms. The molecule has 0 fully saturated rings. The number of rotatable bonds is 8. The number of guanidine groups is 1. The minimum absolute atomic E-state index is 0.00548. The highest BCUT2D eigenvalue weighted by Crippen LogP contribution is 2.36. The molecule has 0 radical (unpaired) electrons. The van der Waals surface area contributed by atoms with Gasteiger partial charge < -0.3 is 37.6 Å². The van der Waals surface area contributed by atoms with E-state index in [0.29, 0.717) is 11.4 Å². The first-order valence-corrected chi connectivity index (χ1v) is 15.3. The van der Waals surface area contributed by atoms with Crippen LogP contribution in [0.1, 0.15) is 16.2 Å². The highest BCUT2D eigenvalue weighted by Gasteiger charge is 2.26. The van der Waals surface area contributed by atoms with Crippen molar-refractivity contribution >= 4 is 72.3 Å². The number of para-hydroxylation sites is 1. The number of nitrogens with two attached hydrogens (primary N) is 5. The van der Waals surface area contributed by atoms with Crippen LogP contribution in [0.15, 0.2) is 80.1 Å². The van der Waals surface area contributed by atoms with Crippen molar-refractivity contribution in [3.05, 3.63) is 77.5 Å². The van der Waals surface area contributed by atoms with Crippen LogP contribution in [0.3, 0.4) is 0 Å². The van der Waals surface area contributed by atoms with Crippen molar-refractivity contribution in [1.82, 2.24) is 9.97 Å². The average Bonchev–Trinajstić information content (AvgIpc) is 3.46. The summed E-state index contributed by atoms with van der Waals surface area (Å²) >= 11 is 5.55. The first-order chi connectivity index (χ1) is 20.5. The highest BCUT2D eigenvalue weighted by atomic mass is 35.5. The van der Waals surface area contributed by atoms with Gasteiger partial charge in [-0.25, -0.2) is 23.5 Å². The molecular formula is C24H27ClN10O7S2. The molecule has 4 aromatic rings. The Morgan fingerprint density at radius 2 is 1.68 bits per heavy atom. The molecule has 0 bridgehead atoms. The van der Waals surface area contributed by atoms with Gasteiger partial charge in [0.1, 0.15) is 15.6 Å². The molecule has 0 saturated carbocycles. The summed E-state index contributed by atoms with van der Waals surface area (Å²) in [6.45, 7) is 0.110. The monoisotopic (exact) mass is 666 g/mol. The van der Waals surface area contributed by atoms with Crippen molar-refractivity contribution in [3.63, 3.8) is 0 Å². The van der Waals surface area contributed by atoms with Crippen molar-refractivity contribution in [2.45, 2.75) is 16.3 Å². The highest BCUT2D eigenvalue weighted by molar-refractivity contribution is 7.89. The summed E-state index contributed by atoms with van der Waals surface area (Å²) < 4.78 is 62.9. The summed E-state index contributed by atoms with van der Waals surface area (Å²) in [4.78, 5) is 22.2. The van der Waals surface area contributed by atoms with E-state index >= 15 is 0 Å². The maximum Gasteiger partial charge on any atom is 0.302 e. The Hall–Kier alpha value is -4.95. The third-order valence-corrected chi connectivity index (χ3v) is 7.63. The summed E-state index contributed by atoms with van der Waals surface area (Å²) in [7, 11) is -7.44. The minimum Gasteiger partial charge on any atom is -0.467 e. The third kappa shape index (κ3) is 8.55. The van der Waals surface area contributed by atoms with Crippen LogP contribution in [-0.2, 0) is 26.7 Å². The van der Waals surface area contributed by atoms with E-state index in [2.05, 4.69) is 20.3 Å². The number of nitrogen functional groups attached to an aromatic ring is 2. The zero-order chi connectivity index (χ0) is 32.8. The van der Waals surface area contributed by atoms with E-state index in [4.69, 9.17) is 44.1 Å². The van der Waals surface area contributed by atoms with Crippen LogP contribution in [0.2, 0.25) is 5.15 Å². The molecule has 1 amide bonds. The zero-order valence-electron chi connectivity index (χ0n) is 22.7. The number of benzene rings is 2. The van der Waals surface area contributed by atoms with Crippen molar-refractivity contribution < 1.29 is 30.6 Å². The molecule has 0 saturated heterocycles. The van der Waals surface area contributed by atoms with Crippen molar-refractivity contribution in [1.29, 1.82) is 0 Å². The molecule has 234 valence electrons. The van der Waals surface area contributed by atoms with Gasteiger partial charge in [-0.05, 0) is 36.4 Å². The number of amides is 1. The van der Waals surface area contributed by atoms with Crippen LogP contribution in [0.25, 0.3) is 0 Å². The lowest BCUT2D eigenvalue weighted by Crippen LogP contribution is -2.24. The first-order valence-electron chi connectivity index (χ1n) is 11.9. The van der Waals surface area contributed by atoms with Crippen LogP contribution in [0.4, 0.5) is 28.7 Å². The van der Waals surface area contributed by atoms with Crippen LogP contribution in [0.5, 0.6) is 0 Å². The smallest absolute Gasteiger partial charge is 0.302 e. The quantitative estimate of drug-likeness (QED) is 0.0790. The van der Waals surface area contributed by atoms with Crippen LogP contribution in [-0.4, -0.2) is 50.3 Å². The van der Waals surface area contributed by atoms with Gasteiger partial charge in [0.25, 0.3) is 10.1 Å². The SMILES string of the molecule is CN(c1ccccc1)c1cc(NCc2ccco2)c(S(=O)(=O)O)cc1S(N)(=O)=O.NC(N)=NC(=O)c1nc(Cl)c(N)nc1N. The van der Waals surface area contributed by atoms with E-state index in [9.17, 15) is 26.2 Å². The molecule has 2 aromatic heterocycles. The molecule has 0 aliphatic heterocycles. The van der Waals surface area contributed by atoms with E-state index < -0.39 is 41.8 Å². The maximum absolute atomic E-state index is 12.2. The van der Waals surface area contributed by atoms with Gasteiger partial charge in [0.15, 0.2) is 28.4 Å². The largest absolute Gasteiger partial charge is 0.467 e. The summed E-state index contributed by atoms with van der Waals surface area (Å²) in [6.07, 6.45) is 1.46. The molecule has 17 nitrogen and oxygen atoms in total. The normalized spacial score (nSPS) is 11.2. The Morgan fingerprint density at radius 1 is 1.02 bits per heavy atom. The number of halogens is 1. The van der Waals surface area contributed by atoms with Gasteiger partial charge in [0.05, 0.1) is 24.2 Å². The number of anilines is 5. The Bertz CT molecular complexity index is 1900. The molecule has 44 heavy (non-hydrogen) atoms. The Balaban J connectivity index is 0.000000297. The van der Waals surface area contributed by atoms with Gasteiger partial charge in [-0.2, -0.15) is 13.4 Å². The van der Waals surface area contributed by atoms with Gasteiger partial charge in [-0.3, -0.25) is 9.35 Å². The van der Waals surface area contributed by atoms with E-state index in [1.807, 2.05) is 0 Å². The molecule has 0 aliphatic carbocycles. The third-order valence-electron chi connectivity index (χ3n) is 5.52. The summed E-state index contributed by atoms with van der Waals surface area (Å²) in [5, 5.41) is 8.03. The first kappa shape index (κ1) is 33.6. The van der Waals surface area contributed by atoms with Crippen molar-refractivity contribution in [2.24, 2.45) is 21.6 Å². The summed E-state index contributed by atoms with van der Waals surface area (Å²) in [6, 6.07) is 14.3. The second kappa shape index (κ2) is 13.6. The fraction of sp³-hybridized carbons (Fsp3) is 0.0833. The number of furan rings is 1. The molecule has 0 spiro atoms. The average molecular weight is 667 g/mol. The fourth-order valence-corrected chi connectivity index (χ4v) is 5.19. The zero-order valence-corrected chi connectivity index (χ0v) is 25.1. The summed E-state index contributed by atoms with van der Waals surface area (Å²) in [5.74, 6) is -0.988. The standard InChI is InChI=1S/C18H19N3O6S2.C6H8ClN7O/c1-21(13-6-3-2-4-7-13)16-10-15(20-12-14-8-5-9-27-14)17(29(24,25)26)11-18(16)28(19,22)23;7-2-4(9)13-3(8)1(12-2)5(15)14-6(10)11/h2-11,20H,12H2,1H3,(H2,19,22,23)(H,24,25,26);(H4,8,9,13)(H4,10,11,14,15). The molecule has 2 aromatic carbocycles. The number of carbonyl (C=O) groups excluding carboxylic acids is 1. The lowest BCUT2D eigenvalue weighted by molar-refractivity contribution is 0.0998. The number of carbonyl (C=O) groups is 1. The molecule has 0 aliphatic rings. The number of aromatic nitrogens is 2. The molecular weight excluding hydrogens is 640 g/mol. The molecule has 12 N–H and O–H groups in total. The van der Waals surface area contributed by atoms with Crippen molar-refractivity contribution in [2.75, 3.05) is 28.7 Å². The topological polar surface area (TPSA) is 302 Å². The fourth-order valence-electron chi connectivity index (χ4n) is 3.55. The van der Waals surface area contributed by atoms with Crippen LogP contribution >= 0.6 is 11.6 Å². The number of nitrogens with one attached hydrogen (secondary N) is 1. The molecule has 0 atom stereocenters. The van der Waals surface area contributed by atoms with E-state index in [1.54, 1.807) is 54.4 Å². The Labute approximate surface area is 256 Å².